The third-order valence-electron chi connectivity index (χ3n) is 5.35. The van der Waals surface area contributed by atoms with E-state index in [1.54, 1.807) is 0 Å². The molecule has 88 valence electrons. The SMILES string of the molecule is C#CC(CC12CC3CC(CC(C3)C1)C2)NC. The van der Waals surface area contributed by atoms with E-state index in [-0.39, 0.29) is 0 Å². The molecular formula is C15H23N. The van der Waals surface area contributed by atoms with E-state index in [4.69, 9.17) is 6.42 Å². The standard InChI is InChI=1S/C15H23N/c1-3-14(16-2)10-15-7-11-4-12(8-15)6-13(5-11)9-15/h1,11-14,16H,4-10H2,2H3. The van der Waals surface area contributed by atoms with Gasteiger partial charge in [-0.1, -0.05) is 5.92 Å². The zero-order chi connectivity index (χ0) is 11.2. The molecule has 1 nitrogen and oxygen atoms in total. The number of hydrogen-bond acceptors (Lipinski definition) is 1. The van der Waals surface area contributed by atoms with Crippen molar-refractivity contribution in [3.63, 3.8) is 0 Å². The highest BCUT2D eigenvalue weighted by Gasteiger charge is 2.51. The average Bonchev–Trinajstić information content (AvgIpc) is 2.24. The molecule has 4 saturated carbocycles. The summed E-state index contributed by atoms with van der Waals surface area (Å²) >= 11 is 0. The number of rotatable bonds is 3. The van der Waals surface area contributed by atoms with Gasteiger partial charge in [0.1, 0.15) is 0 Å². The molecule has 0 aromatic rings. The van der Waals surface area contributed by atoms with Gasteiger partial charge in [-0.3, -0.25) is 0 Å². The Morgan fingerprint density at radius 3 is 2.06 bits per heavy atom. The number of terminal acetylenes is 1. The summed E-state index contributed by atoms with van der Waals surface area (Å²) in [5.74, 6) is 6.04. The molecule has 1 N–H and O–H groups in total. The quantitative estimate of drug-likeness (QED) is 0.717. The second-order valence-corrected chi connectivity index (χ2v) is 6.63. The van der Waals surface area contributed by atoms with Crippen molar-refractivity contribution in [3.05, 3.63) is 0 Å². The second-order valence-electron chi connectivity index (χ2n) is 6.63. The summed E-state index contributed by atoms with van der Waals surface area (Å²) in [5.41, 5.74) is 0.620. The van der Waals surface area contributed by atoms with Gasteiger partial charge < -0.3 is 5.32 Å². The zero-order valence-electron chi connectivity index (χ0n) is 10.3. The molecule has 4 bridgehead atoms. The maximum absolute atomic E-state index is 5.60. The molecule has 0 amide bonds. The summed E-state index contributed by atoms with van der Waals surface area (Å²) in [7, 11) is 2.00. The Kier molecular flexibility index (Phi) is 2.51. The third kappa shape index (κ3) is 1.68. The molecule has 0 radical (unpaired) electrons. The van der Waals surface area contributed by atoms with Gasteiger partial charge in [0, 0.05) is 0 Å². The first-order valence-electron chi connectivity index (χ1n) is 6.86. The predicted molar refractivity (Wildman–Crippen MR) is 66.9 cm³/mol. The molecule has 0 aromatic heterocycles. The maximum Gasteiger partial charge on any atom is 0.0689 e. The van der Waals surface area contributed by atoms with Crippen LogP contribution in [0.2, 0.25) is 0 Å². The van der Waals surface area contributed by atoms with Gasteiger partial charge >= 0.3 is 0 Å². The zero-order valence-corrected chi connectivity index (χ0v) is 10.3. The lowest BCUT2D eigenvalue weighted by molar-refractivity contribution is -0.0592. The van der Waals surface area contributed by atoms with E-state index in [1.165, 1.54) is 44.9 Å². The van der Waals surface area contributed by atoms with E-state index >= 15 is 0 Å². The van der Waals surface area contributed by atoms with Crippen LogP contribution in [0.4, 0.5) is 0 Å². The highest BCUT2D eigenvalue weighted by molar-refractivity contribution is 5.07. The van der Waals surface area contributed by atoms with Crippen molar-refractivity contribution in [2.75, 3.05) is 7.05 Å². The number of hydrogen-bond donors (Lipinski definition) is 1. The van der Waals surface area contributed by atoms with Crippen LogP contribution in [0.15, 0.2) is 0 Å². The summed E-state index contributed by atoms with van der Waals surface area (Å²) in [4.78, 5) is 0. The smallest absolute Gasteiger partial charge is 0.0689 e. The lowest BCUT2D eigenvalue weighted by atomic mass is 9.48. The van der Waals surface area contributed by atoms with Crippen LogP contribution in [0.5, 0.6) is 0 Å². The lowest BCUT2D eigenvalue weighted by Crippen LogP contribution is -2.48. The maximum atomic E-state index is 5.60. The molecule has 0 spiro atoms. The van der Waals surface area contributed by atoms with Crippen LogP contribution >= 0.6 is 0 Å². The highest BCUT2D eigenvalue weighted by Crippen LogP contribution is 2.61. The van der Waals surface area contributed by atoms with E-state index < -0.39 is 0 Å². The van der Waals surface area contributed by atoms with Crippen LogP contribution < -0.4 is 5.32 Å². The van der Waals surface area contributed by atoms with E-state index in [0.29, 0.717) is 11.5 Å². The van der Waals surface area contributed by atoms with Gasteiger partial charge in [0.05, 0.1) is 6.04 Å². The minimum absolute atomic E-state index is 0.302. The molecule has 1 atom stereocenters. The Bertz CT molecular complexity index is 277. The van der Waals surface area contributed by atoms with Gasteiger partial charge in [0.2, 0.25) is 0 Å². The second kappa shape index (κ2) is 3.77. The molecule has 0 saturated heterocycles. The molecule has 0 aliphatic heterocycles. The summed E-state index contributed by atoms with van der Waals surface area (Å²) < 4.78 is 0. The normalized spacial score (nSPS) is 46.6. The Morgan fingerprint density at radius 1 is 1.19 bits per heavy atom. The molecule has 1 heteroatoms. The fourth-order valence-corrected chi connectivity index (χ4v) is 5.22. The van der Waals surface area contributed by atoms with Crippen molar-refractivity contribution in [1.29, 1.82) is 0 Å². The van der Waals surface area contributed by atoms with Crippen LogP contribution in [0.25, 0.3) is 0 Å². The van der Waals surface area contributed by atoms with Crippen molar-refractivity contribution in [1.82, 2.24) is 5.32 Å². The van der Waals surface area contributed by atoms with Crippen molar-refractivity contribution < 1.29 is 0 Å². The first kappa shape index (κ1) is 10.7. The van der Waals surface area contributed by atoms with Crippen LogP contribution in [0.1, 0.15) is 44.9 Å². The van der Waals surface area contributed by atoms with Crippen molar-refractivity contribution >= 4 is 0 Å². The summed E-state index contributed by atoms with van der Waals surface area (Å²) in [6, 6.07) is 0.302. The highest BCUT2D eigenvalue weighted by atomic mass is 14.9. The van der Waals surface area contributed by atoms with Crippen molar-refractivity contribution in [3.8, 4) is 12.3 Å². The van der Waals surface area contributed by atoms with Crippen LogP contribution in [-0.4, -0.2) is 13.1 Å². The molecular weight excluding hydrogens is 194 g/mol. The lowest BCUT2D eigenvalue weighted by Gasteiger charge is -2.57. The van der Waals surface area contributed by atoms with Crippen LogP contribution in [0, 0.1) is 35.5 Å². The van der Waals surface area contributed by atoms with E-state index in [1.807, 2.05) is 7.05 Å². The molecule has 0 heterocycles. The van der Waals surface area contributed by atoms with Crippen LogP contribution in [-0.2, 0) is 0 Å². The monoisotopic (exact) mass is 217 g/mol. The molecule has 4 rings (SSSR count). The van der Waals surface area contributed by atoms with Gasteiger partial charge in [0.25, 0.3) is 0 Å². The largest absolute Gasteiger partial charge is 0.307 e. The molecule has 1 unspecified atom stereocenters. The fourth-order valence-electron chi connectivity index (χ4n) is 5.22. The minimum atomic E-state index is 0.302. The predicted octanol–water partition coefficient (Wildman–Crippen LogP) is 2.81. The van der Waals surface area contributed by atoms with Gasteiger partial charge in [0.15, 0.2) is 0 Å². The Labute approximate surface area is 99.4 Å². The van der Waals surface area contributed by atoms with Gasteiger partial charge in [-0.15, -0.1) is 6.42 Å². The Balaban J connectivity index is 1.76. The molecule has 4 aliphatic rings. The van der Waals surface area contributed by atoms with Gasteiger partial charge in [-0.2, -0.15) is 0 Å². The van der Waals surface area contributed by atoms with Gasteiger partial charge in [-0.05, 0) is 75.2 Å². The van der Waals surface area contributed by atoms with Gasteiger partial charge in [-0.25, -0.2) is 0 Å². The summed E-state index contributed by atoms with van der Waals surface area (Å²) in [6.45, 7) is 0. The topological polar surface area (TPSA) is 12.0 Å². The Hall–Kier alpha value is -0.480. The van der Waals surface area contributed by atoms with Crippen molar-refractivity contribution in [2.45, 2.75) is 51.0 Å². The first-order chi connectivity index (χ1) is 7.73. The average molecular weight is 217 g/mol. The van der Waals surface area contributed by atoms with Crippen LogP contribution in [0.3, 0.4) is 0 Å². The van der Waals surface area contributed by atoms with E-state index in [9.17, 15) is 0 Å². The minimum Gasteiger partial charge on any atom is -0.307 e. The molecule has 4 fully saturated rings. The Morgan fingerprint density at radius 2 is 1.69 bits per heavy atom. The number of nitrogens with one attached hydrogen (secondary N) is 1. The van der Waals surface area contributed by atoms with E-state index in [0.717, 1.165) is 17.8 Å². The van der Waals surface area contributed by atoms with Crippen molar-refractivity contribution in [2.24, 2.45) is 23.2 Å². The molecule has 4 aliphatic carbocycles. The summed E-state index contributed by atoms with van der Waals surface area (Å²) in [6.07, 6.45) is 15.8. The summed E-state index contributed by atoms with van der Waals surface area (Å²) in [5, 5.41) is 3.29. The first-order valence-corrected chi connectivity index (χ1v) is 6.86. The van der Waals surface area contributed by atoms with E-state index in [2.05, 4.69) is 11.2 Å². The third-order valence-corrected chi connectivity index (χ3v) is 5.35. The molecule has 16 heavy (non-hydrogen) atoms. The fraction of sp³-hybridized carbons (Fsp3) is 0.867. The molecule has 0 aromatic carbocycles.